The van der Waals surface area contributed by atoms with Gasteiger partial charge in [-0.3, -0.25) is 0 Å². The molecule has 1 N–H and O–H groups in total. The Labute approximate surface area is 125 Å². The molecule has 0 aromatic heterocycles. The van der Waals surface area contributed by atoms with Crippen LogP contribution in [0.1, 0.15) is 25.3 Å². The molecule has 7 heteroatoms. The quantitative estimate of drug-likeness (QED) is 0.908. The topological polar surface area (TPSA) is 47.3 Å². The second-order valence-electron chi connectivity index (χ2n) is 5.16. The van der Waals surface area contributed by atoms with E-state index in [1.54, 1.807) is 13.0 Å². The summed E-state index contributed by atoms with van der Waals surface area (Å²) < 4.78 is 38.3. The highest BCUT2D eigenvalue weighted by molar-refractivity contribution is 6.32. The van der Waals surface area contributed by atoms with Crippen molar-refractivity contribution in [3.8, 4) is 6.07 Å². The average Bonchev–Trinajstić information content (AvgIpc) is 2.78. The van der Waals surface area contributed by atoms with Crippen LogP contribution < -0.4 is 4.90 Å². The van der Waals surface area contributed by atoms with Crippen LogP contribution in [0.3, 0.4) is 0 Å². The molecule has 0 radical (unpaired) electrons. The molecule has 0 aliphatic carbocycles. The third kappa shape index (κ3) is 3.09. The van der Waals surface area contributed by atoms with Crippen molar-refractivity contribution in [1.82, 2.24) is 0 Å². The van der Waals surface area contributed by atoms with Crippen LogP contribution >= 0.6 is 11.6 Å². The summed E-state index contributed by atoms with van der Waals surface area (Å²) in [4.78, 5) is 1.53. The first-order chi connectivity index (χ1) is 9.75. The van der Waals surface area contributed by atoms with Gasteiger partial charge in [0.25, 0.3) is 0 Å². The fourth-order valence-corrected chi connectivity index (χ4v) is 2.96. The van der Waals surface area contributed by atoms with Gasteiger partial charge in [-0.05, 0) is 38.0 Å². The fourth-order valence-electron chi connectivity index (χ4n) is 2.75. The number of alkyl halides is 3. The molecule has 1 saturated heterocycles. The third-order valence-corrected chi connectivity index (χ3v) is 4.10. The Morgan fingerprint density at radius 1 is 1.43 bits per heavy atom. The normalized spacial score (nSPS) is 24.0. The zero-order valence-electron chi connectivity index (χ0n) is 11.2. The van der Waals surface area contributed by atoms with E-state index < -0.39 is 18.3 Å². The van der Waals surface area contributed by atoms with Crippen LogP contribution in [0.4, 0.5) is 18.9 Å². The van der Waals surface area contributed by atoms with Gasteiger partial charge in [0.2, 0.25) is 0 Å². The van der Waals surface area contributed by atoms with Gasteiger partial charge in [0.15, 0.2) is 6.10 Å². The second kappa shape index (κ2) is 5.74. The average molecular weight is 319 g/mol. The molecule has 3 nitrogen and oxygen atoms in total. The van der Waals surface area contributed by atoms with Gasteiger partial charge >= 0.3 is 6.18 Å². The highest BCUT2D eigenvalue weighted by atomic mass is 35.5. The number of aliphatic hydroxyl groups excluding tert-OH is 1. The molecular formula is C14H14ClF3N2O. The number of nitriles is 1. The van der Waals surface area contributed by atoms with Crippen molar-refractivity contribution in [3.63, 3.8) is 0 Å². The smallest absolute Gasteiger partial charge is 0.382 e. The molecular weight excluding hydrogens is 305 g/mol. The lowest BCUT2D eigenvalue weighted by molar-refractivity contribution is -0.209. The van der Waals surface area contributed by atoms with Crippen molar-refractivity contribution in [1.29, 1.82) is 5.26 Å². The van der Waals surface area contributed by atoms with Crippen LogP contribution in [0.5, 0.6) is 0 Å². The SMILES string of the molecule is CC1CCC([C@H](O)C(F)(F)F)N1c1ccc(C#N)c(Cl)c1. The van der Waals surface area contributed by atoms with E-state index in [4.69, 9.17) is 16.9 Å². The summed E-state index contributed by atoms with van der Waals surface area (Å²) in [5.41, 5.74) is 0.748. The van der Waals surface area contributed by atoms with Crippen molar-refractivity contribution in [2.24, 2.45) is 0 Å². The summed E-state index contributed by atoms with van der Waals surface area (Å²) in [6.45, 7) is 1.80. The summed E-state index contributed by atoms with van der Waals surface area (Å²) in [6.07, 6.45) is -6.27. The van der Waals surface area contributed by atoms with Crippen LogP contribution in [0.2, 0.25) is 5.02 Å². The standard InChI is InChI=1S/C14H14ClF3N2O/c1-8-2-5-12(13(21)14(16,17)18)20(8)10-4-3-9(7-19)11(15)6-10/h3-4,6,8,12-13,21H,2,5H2,1H3/t8?,12?,13-/m0/s1. The molecule has 0 bridgehead atoms. The van der Waals surface area contributed by atoms with E-state index in [2.05, 4.69) is 0 Å². The molecule has 0 amide bonds. The van der Waals surface area contributed by atoms with Crippen molar-refractivity contribution in [2.75, 3.05) is 4.90 Å². The van der Waals surface area contributed by atoms with Crippen LogP contribution in [-0.2, 0) is 0 Å². The van der Waals surface area contributed by atoms with Gasteiger partial charge < -0.3 is 10.0 Å². The first kappa shape index (κ1) is 15.9. The minimum atomic E-state index is -4.66. The number of benzene rings is 1. The summed E-state index contributed by atoms with van der Waals surface area (Å²) in [7, 11) is 0. The van der Waals surface area contributed by atoms with Crippen molar-refractivity contribution >= 4 is 17.3 Å². The maximum Gasteiger partial charge on any atom is 0.416 e. The molecule has 3 atom stereocenters. The first-order valence-corrected chi connectivity index (χ1v) is 6.86. The van der Waals surface area contributed by atoms with Gasteiger partial charge in [-0.2, -0.15) is 18.4 Å². The number of aliphatic hydroxyl groups is 1. The Bertz CT molecular complexity index is 570. The van der Waals surface area contributed by atoms with Gasteiger partial charge in [0.1, 0.15) is 6.07 Å². The lowest BCUT2D eigenvalue weighted by Gasteiger charge is -2.34. The van der Waals surface area contributed by atoms with Gasteiger partial charge in [0, 0.05) is 11.7 Å². The zero-order chi connectivity index (χ0) is 15.8. The molecule has 0 spiro atoms. The maximum atomic E-state index is 12.8. The molecule has 1 aromatic carbocycles. The second-order valence-corrected chi connectivity index (χ2v) is 5.57. The van der Waals surface area contributed by atoms with Crippen molar-refractivity contribution in [2.45, 2.75) is 44.1 Å². The highest BCUT2D eigenvalue weighted by Gasteiger charge is 2.48. The van der Waals surface area contributed by atoms with E-state index in [1.165, 1.54) is 17.0 Å². The van der Waals surface area contributed by atoms with Crippen LogP contribution in [0.25, 0.3) is 0 Å². The van der Waals surface area contributed by atoms with Crippen molar-refractivity contribution < 1.29 is 18.3 Å². The largest absolute Gasteiger partial charge is 0.416 e. The number of hydrogen-bond donors (Lipinski definition) is 1. The van der Waals surface area contributed by atoms with Crippen LogP contribution in [0.15, 0.2) is 18.2 Å². The Morgan fingerprint density at radius 2 is 2.10 bits per heavy atom. The number of anilines is 1. The minimum Gasteiger partial charge on any atom is -0.382 e. The molecule has 2 unspecified atom stereocenters. The Balaban J connectivity index is 2.35. The Kier molecular flexibility index (Phi) is 4.35. The van der Waals surface area contributed by atoms with E-state index in [0.29, 0.717) is 12.1 Å². The molecule has 1 heterocycles. The van der Waals surface area contributed by atoms with Crippen molar-refractivity contribution in [3.05, 3.63) is 28.8 Å². The monoisotopic (exact) mass is 318 g/mol. The zero-order valence-corrected chi connectivity index (χ0v) is 12.0. The van der Waals surface area contributed by atoms with E-state index >= 15 is 0 Å². The van der Waals surface area contributed by atoms with Crippen LogP contribution in [0, 0.1) is 11.3 Å². The molecule has 0 saturated carbocycles. The van der Waals surface area contributed by atoms with Gasteiger partial charge in [0.05, 0.1) is 16.6 Å². The molecule has 1 aliphatic rings. The van der Waals surface area contributed by atoms with Gasteiger partial charge in [-0.25, -0.2) is 0 Å². The molecule has 1 fully saturated rings. The predicted molar refractivity (Wildman–Crippen MR) is 73.2 cm³/mol. The van der Waals surface area contributed by atoms with E-state index in [0.717, 1.165) is 0 Å². The summed E-state index contributed by atoms with van der Waals surface area (Å²) in [5, 5.41) is 18.6. The summed E-state index contributed by atoms with van der Waals surface area (Å²) in [6, 6.07) is 5.22. The lowest BCUT2D eigenvalue weighted by atomic mass is 10.1. The third-order valence-electron chi connectivity index (χ3n) is 3.78. The molecule has 21 heavy (non-hydrogen) atoms. The van der Waals surface area contributed by atoms with E-state index in [9.17, 15) is 18.3 Å². The lowest BCUT2D eigenvalue weighted by Crippen LogP contribution is -2.48. The number of halogens is 4. The molecule has 2 rings (SSSR count). The summed E-state index contributed by atoms with van der Waals surface area (Å²) >= 11 is 5.94. The highest BCUT2D eigenvalue weighted by Crippen LogP contribution is 2.37. The van der Waals surface area contributed by atoms with Crippen LogP contribution in [-0.4, -0.2) is 29.5 Å². The van der Waals surface area contributed by atoms with Gasteiger partial charge in [-0.15, -0.1) is 0 Å². The maximum absolute atomic E-state index is 12.8. The fraction of sp³-hybridized carbons (Fsp3) is 0.500. The number of nitrogens with zero attached hydrogens (tertiary/aromatic N) is 2. The molecule has 1 aromatic rings. The van der Waals surface area contributed by atoms with E-state index in [-0.39, 0.29) is 23.0 Å². The number of rotatable bonds is 2. The minimum absolute atomic E-state index is 0.143. The van der Waals surface area contributed by atoms with E-state index in [1.807, 2.05) is 6.07 Å². The first-order valence-electron chi connectivity index (χ1n) is 6.48. The molecule has 1 aliphatic heterocycles. The predicted octanol–water partition coefficient (Wildman–Crippen LogP) is 3.49. The van der Waals surface area contributed by atoms with Gasteiger partial charge in [-0.1, -0.05) is 11.6 Å². The molecule has 114 valence electrons. The Hall–Kier alpha value is -1.45. The Morgan fingerprint density at radius 3 is 2.62 bits per heavy atom. The summed E-state index contributed by atoms with van der Waals surface area (Å²) in [5.74, 6) is 0. The number of hydrogen-bond acceptors (Lipinski definition) is 3.